The zero-order valence-electron chi connectivity index (χ0n) is 13.5. The van der Waals surface area contributed by atoms with Crippen molar-refractivity contribution >= 4 is 11.7 Å². The Morgan fingerprint density at radius 3 is 2.83 bits per heavy atom. The Kier molecular flexibility index (Phi) is 6.11. The van der Waals surface area contributed by atoms with E-state index in [0.717, 1.165) is 0 Å². The molecule has 0 unspecified atom stereocenters. The summed E-state index contributed by atoms with van der Waals surface area (Å²) in [4.78, 5) is 12.0. The first-order valence-electron chi connectivity index (χ1n) is 7.52. The monoisotopic (exact) mass is 338 g/mol. The molecule has 130 valence electrons. The first-order chi connectivity index (χ1) is 11.5. The van der Waals surface area contributed by atoms with Crippen LogP contribution >= 0.6 is 0 Å². The van der Waals surface area contributed by atoms with E-state index >= 15 is 0 Å². The maximum atomic E-state index is 12.3. The molecule has 1 aromatic carbocycles. The summed E-state index contributed by atoms with van der Waals surface area (Å²) < 4.78 is 30.9. The standard InChI is InChI=1S/C16H20F2N4O2/c1-11(10-22-8-4-7-20-22)9-19-16(23)21-13-5-3-6-14(12(13)2)24-15(17)18/h3-8,11,15H,9-10H2,1-2H3,(H2,19,21,23)/t11-/m1/s1. The van der Waals surface area contributed by atoms with Crippen molar-refractivity contribution in [3.8, 4) is 5.75 Å². The number of amides is 2. The number of nitrogens with zero attached hydrogens (tertiary/aromatic N) is 2. The van der Waals surface area contributed by atoms with Gasteiger partial charge in [0.25, 0.3) is 0 Å². The molecule has 2 rings (SSSR count). The highest BCUT2D eigenvalue weighted by atomic mass is 19.3. The molecule has 0 aliphatic rings. The number of benzene rings is 1. The van der Waals surface area contributed by atoms with Crippen molar-refractivity contribution in [1.82, 2.24) is 15.1 Å². The molecule has 1 heterocycles. The van der Waals surface area contributed by atoms with Crippen LogP contribution in [0.15, 0.2) is 36.7 Å². The van der Waals surface area contributed by atoms with Gasteiger partial charge in [0.15, 0.2) is 0 Å². The van der Waals surface area contributed by atoms with E-state index in [1.807, 2.05) is 19.2 Å². The lowest BCUT2D eigenvalue weighted by molar-refractivity contribution is -0.0502. The number of hydrogen-bond donors (Lipinski definition) is 2. The van der Waals surface area contributed by atoms with E-state index < -0.39 is 12.6 Å². The molecule has 0 bridgehead atoms. The number of anilines is 1. The zero-order chi connectivity index (χ0) is 17.5. The third-order valence-electron chi connectivity index (χ3n) is 3.42. The number of carbonyl (C=O) groups is 1. The first-order valence-corrected chi connectivity index (χ1v) is 7.52. The van der Waals surface area contributed by atoms with E-state index in [4.69, 9.17) is 0 Å². The fraction of sp³-hybridized carbons (Fsp3) is 0.375. The van der Waals surface area contributed by atoms with E-state index in [-0.39, 0.29) is 11.7 Å². The van der Waals surface area contributed by atoms with Gasteiger partial charge >= 0.3 is 12.6 Å². The molecule has 0 saturated heterocycles. The van der Waals surface area contributed by atoms with Crippen molar-refractivity contribution in [3.63, 3.8) is 0 Å². The molecular formula is C16H20F2N4O2. The van der Waals surface area contributed by atoms with Gasteiger partial charge in [-0.05, 0) is 31.0 Å². The number of hydrogen-bond acceptors (Lipinski definition) is 3. The summed E-state index contributed by atoms with van der Waals surface area (Å²) in [7, 11) is 0. The molecule has 1 atom stereocenters. The molecule has 0 radical (unpaired) electrons. The normalized spacial score (nSPS) is 12.0. The molecule has 6 nitrogen and oxygen atoms in total. The van der Waals surface area contributed by atoms with Crippen LogP contribution in [0.2, 0.25) is 0 Å². The lowest BCUT2D eigenvalue weighted by atomic mass is 10.2. The minimum absolute atomic E-state index is 0.0369. The second-order valence-corrected chi connectivity index (χ2v) is 5.48. The molecule has 2 amide bonds. The number of ether oxygens (including phenoxy) is 1. The lowest BCUT2D eigenvalue weighted by Crippen LogP contribution is -2.33. The van der Waals surface area contributed by atoms with Crippen molar-refractivity contribution in [1.29, 1.82) is 0 Å². The molecule has 2 aromatic rings. The Hall–Kier alpha value is -2.64. The number of alkyl halides is 2. The molecule has 0 aliphatic carbocycles. The van der Waals surface area contributed by atoms with Crippen LogP contribution in [0, 0.1) is 12.8 Å². The van der Waals surface area contributed by atoms with Crippen LogP contribution in [0.25, 0.3) is 0 Å². The quantitative estimate of drug-likeness (QED) is 0.814. The van der Waals surface area contributed by atoms with Gasteiger partial charge in [-0.15, -0.1) is 0 Å². The molecule has 0 aliphatic heterocycles. The van der Waals surface area contributed by atoms with Crippen molar-refractivity contribution in [3.05, 3.63) is 42.2 Å². The SMILES string of the molecule is Cc1c(NC(=O)NC[C@@H](C)Cn2cccn2)cccc1OC(F)F. The molecule has 0 saturated carbocycles. The Morgan fingerprint density at radius 1 is 1.38 bits per heavy atom. The number of rotatable bonds is 7. The number of carbonyl (C=O) groups excluding carboxylic acids is 1. The van der Waals surface area contributed by atoms with Gasteiger partial charge in [0.2, 0.25) is 0 Å². The van der Waals surface area contributed by atoms with E-state index in [2.05, 4.69) is 20.5 Å². The van der Waals surface area contributed by atoms with Crippen molar-refractivity contribution in [2.45, 2.75) is 27.0 Å². The van der Waals surface area contributed by atoms with E-state index in [9.17, 15) is 13.6 Å². The minimum Gasteiger partial charge on any atom is -0.434 e. The molecule has 0 fully saturated rings. The number of halogens is 2. The summed E-state index contributed by atoms with van der Waals surface area (Å²) in [5.74, 6) is 0.222. The molecule has 8 heteroatoms. The summed E-state index contributed by atoms with van der Waals surface area (Å²) in [5.41, 5.74) is 0.864. The number of aromatic nitrogens is 2. The van der Waals surface area contributed by atoms with Crippen LogP contribution in [-0.2, 0) is 6.54 Å². The van der Waals surface area contributed by atoms with Gasteiger partial charge in [-0.1, -0.05) is 13.0 Å². The molecule has 1 aromatic heterocycles. The first kappa shape index (κ1) is 17.7. The van der Waals surface area contributed by atoms with Crippen LogP contribution in [0.3, 0.4) is 0 Å². The number of urea groups is 1. The Bertz CT molecular complexity index is 662. The van der Waals surface area contributed by atoms with Gasteiger partial charge in [-0.2, -0.15) is 13.9 Å². The maximum Gasteiger partial charge on any atom is 0.387 e. The predicted octanol–water partition coefficient (Wildman–Crippen LogP) is 3.25. The number of nitrogens with one attached hydrogen (secondary N) is 2. The van der Waals surface area contributed by atoms with E-state index in [0.29, 0.717) is 24.3 Å². The molecule has 24 heavy (non-hydrogen) atoms. The third kappa shape index (κ3) is 5.22. The third-order valence-corrected chi connectivity index (χ3v) is 3.42. The van der Waals surface area contributed by atoms with Crippen molar-refractivity contribution in [2.24, 2.45) is 5.92 Å². The second-order valence-electron chi connectivity index (χ2n) is 5.48. The van der Waals surface area contributed by atoms with Crippen LogP contribution in [0.1, 0.15) is 12.5 Å². The van der Waals surface area contributed by atoms with Crippen molar-refractivity contribution < 1.29 is 18.3 Å². The maximum absolute atomic E-state index is 12.3. The van der Waals surface area contributed by atoms with Gasteiger partial charge in [-0.3, -0.25) is 4.68 Å². The summed E-state index contributed by atoms with van der Waals surface area (Å²) in [6, 6.07) is 6.03. The highest BCUT2D eigenvalue weighted by molar-refractivity contribution is 5.90. The smallest absolute Gasteiger partial charge is 0.387 e. The van der Waals surface area contributed by atoms with Gasteiger partial charge in [0.1, 0.15) is 5.75 Å². The average molecular weight is 338 g/mol. The Labute approximate surface area is 138 Å². The summed E-state index contributed by atoms with van der Waals surface area (Å²) in [5, 5.41) is 9.50. The van der Waals surface area contributed by atoms with Gasteiger partial charge in [0, 0.05) is 36.7 Å². The van der Waals surface area contributed by atoms with Crippen LogP contribution in [0.5, 0.6) is 5.75 Å². The molecular weight excluding hydrogens is 318 g/mol. The van der Waals surface area contributed by atoms with Crippen LogP contribution in [0.4, 0.5) is 19.3 Å². The predicted molar refractivity (Wildman–Crippen MR) is 86.2 cm³/mol. The van der Waals surface area contributed by atoms with Crippen LogP contribution in [-0.4, -0.2) is 29.0 Å². The highest BCUT2D eigenvalue weighted by Crippen LogP contribution is 2.26. The zero-order valence-corrected chi connectivity index (χ0v) is 13.5. The fourth-order valence-electron chi connectivity index (χ4n) is 2.20. The van der Waals surface area contributed by atoms with E-state index in [1.165, 1.54) is 6.07 Å². The van der Waals surface area contributed by atoms with Gasteiger partial charge < -0.3 is 15.4 Å². The average Bonchev–Trinajstić information content (AvgIpc) is 3.02. The largest absolute Gasteiger partial charge is 0.434 e. The fourth-order valence-corrected chi connectivity index (χ4v) is 2.20. The Balaban J connectivity index is 1.86. The van der Waals surface area contributed by atoms with Gasteiger partial charge in [-0.25, -0.2) is 4.79 Å². The van der Waals surface area contributed by atoms with Crippen molar-refractivity contribution in [2.75, 3.05) is 11.9 Å². The minimum atomic E-state index is -2.91. The Morgan fingerprint density at radius 2 is 2.17 bits per heavy atom. The topological polar surface area (TPSA) is 68.2 Å². The van der Waals surface area contributed by atoms with Gasteiger partial charge in [0.05, 0.1) is 0 Å². The molecule has 2 N–H and O–H groups in total. The van der Waals surface area contributed by atoms with E-state index in [1.54, 1.807) is 29.9 Å². The lowest BCUT2D eigenvalue weighted by Gasteiger charge is -2.15. The summed E-state index contributed by atoms with van der Waals surface area (Å²) in [6.07, 6.45) is 3.55. The molecule has 0 spiro atoms. The summed E-state index contributed by atoms with van der Waals surface area (Å²) >= 11 is 0. The second kappa shape index (κ2) is 8.28. The summed E-state index contributed by atoms with van der Waals surface area (Å²) in [6.45, 7) is 1.83. The van der Waals surface area contributed by atoms with Crippen LogP contribution < -0.4 is 15.4 Å². The highest BCUT2D eigenvalue weighted by Gasteiger charge is 2.12.